The third-order valence-corrected chi connectivity index (χ3v) is 3.16. The molecule has 108 valence electrons. The minimum absolute atomic E-state index is 0.472. The van der Waals surface area contributed by atoms with Crippen LogP contribution in [0.25, 0.3) is 0 Å². The molecule has 1 atom stereocenters. The minimum Gasteiger partial charge on any atom is -0.493 e. The number of nitrogens with zero attached hydrogens (tertiary/aromatic N) is 1. The van der Waals surface area contributed by atoms with Crippen molar-refractivity contribution in [3.05, 3.63) is 18.0 Å². The van der Waals surface area contributed by atoms with Gasteiger partial charge >= 0.3 is 0 Å². The molecular weight excluding hydrogens is 240 g/mol. The van der Waals surface area contributed by atoms with Crippen LogP contribution >= 0.6 is 0 Å². The highest BCUT2D eigenvalue weighted by atomic mass is 16.5. The van der Waals surface area contributed by atoms with Gasteiger partial charge in [0.05, 0.1) is 19.9 Å². The van der Waals surface area contributed by atoms with Crippen LogP contribution in [0.3, 0.4) is 0 Å². The van der Waals surface area contributed by atoms with Gasteiger partial charge in [-0.1, -0.05) is 13.8 Å². The van der Waals surface area contributed by atoms with Crippen LogP contribution in [0.5, 0.6) is 11.5 Å². The summed E-state index contributed by atoms with van der Waals surface area (Å²) in [6.45, 7) is 7.40. The van der Waals surface area contributed by atoms with E-state index < -0.39 is 0 Å². The van der Waals surface area contributed by atoms with E-state index in [1.165, 1.54) is 12.8 Å². The zero-order chi connectivity index (χ0) is 14.3. The normalized spacial score (nSPS) is 12.5. The largest absolute Gasteiger partial charge is 0.493 e. The number of ether oxygens (including phenoxy) is 2. The molecule has 0 amide bonds. The first-order valence-electron chi connectivity index (χ1n) is 6.87. The first-order valence-corrected chi connectivity index (χ1v) is 6.87. The molecule has 0 bridgehead atoms. The number of hydrogen-bond acceptors (Lipinski definition) is 4. The summed E-state index contributed by atoms with van der Waals surface area (Å²) >= 11 is 0. The summed E-state index contributed by atoms with van der Waals surface area (Å²) in [6.07, 6.45) is 4.15. The predicted molar refractivity (Wildman–Crippen MR) is 77.7 cm³/mol. The van der Waals surface area contributed by atoms with Gasteiger partial charge in [0.25, 0.3) is 0 Å². The second-order valence-electron chi connectivity index (χ2n) is 5.25. The molecule has 0 saturated carbocycles. The zero-order valence-corrected chi connectivity index (χ0v) is 12.7. The Balaban J connectivity index is 2.57. The van der Waals surface area contributed by atoms with Gasteiger partial charge in [0.2, 0.25) is 0 Å². The van der Waals surface area contributed by atoms with Crippen molar-refractivity contribution >= 4 is 0 Å². The predicted octanol–water partition coefficient (Wildman–Crippen LogP) is 3.01. The van der Waals surface area contributed by atoms with Crippen LogP contribution in [-0.4, -0.2) is 25.2 Å². The maximum absolute atomic E-state index is 5.37. The van der Waals surface area contributed by atoms with Gasteiger partial charge < -0.3 is 14.8 Å². The zero-order valence-electron chi connectivity index (χ0n) is 12.7. The fourth-order valence-electron chi connectivity index (χ4n) is 1.93. The number of hydrogen-bond donors (Lipinski definition) is 1. The summed E-state index contributed by atoms with van der Waals surface area (Å²) in [5.74, 6) is 2.19. The van der Waals surface area contributed by atoms with E-state index in [1.807, 2.05) is 6.07 Å². The molecule has 1 N–H and O–H groups in total. The number of rotatable bonds is 8. The van der Waals surface area contributed by atoms with E-state index in [0.717, 1.165) is 17.4 Å². The Morgan fingerprint density at radius 1 is 1.16 bits per heavy atom. The highest BCUT2D eigenvalue weighted by molar-refractivity contribution is 5.42. The SMILES string of the molecule is COc1ccnc(CNC(C)CCC(C)C)c1OC. The Morgan fingerprint density at radius 3 is 2.47 bits per heavy atom. The van der Waals surface area contributed by atoms with Crippen LogP contribution in [0.1, 0.15) is 39.3 Å². The van der Waals surface area contributed by atoms with Crippen molar-refractivity contribution in [2.45, 2.75) is 46.2 Å². The fraction of sp³-hybridized carbons (Fsp3) is 0.667. The third kappa shape index (κ3) is 5.07. The lowest BCUT2D eigenvalue weighted by Gasteiger charge is -2.16. The molecule has 19 heavy (non-hydrogen) atoms. The van der Waals surface area contributed by atoms with Gasteiger partial charge in [0.1, 0.15) is 0 Å². The molecule has 0 spiro atoms. The first kappa shape index (κ1) is 15.8. The second-order valence-corrected chi connectivity index (χ2v) is 5.25. The van der Waals surface area contributed by atoms with E-state index in [4.69, 9.17) is 9.47 Å². The lowest BCUT2D eigenvalue weighted by molar-refractivity contribution is 0.346. The fourth-order valence-corrected chi connectivity index (χ4v) is 1.93. The van der Waals surface area contributed by atoms with Gasteiger partial charge in [-0.25, -0.2) is 0 Å². The van der Waals surface area contributed by atoms with E-state index in [9.17, 15) is 0 Å². The molecule has 4 heteroatoms. The van der Waals surface area contributed by atoms with E-state index in [-0.39, 0.29) is 0 Å². The molecule has 0 aromatic carbocycles. The Labute approximate surface area is 116 Å². The number of pyridine rings is 1. The van der Waals surface area contributed by atoms with E-state index in [0.29, 0.717) is 18.3 Å². The maximum Gasteiger partial charge on any atom is 0.183 e. The number of methoxy groups -OCH3 is 2. The summed E-state index contributed by atoms with van der Waals surface area (Å²) in [4.78, 5) is 4.36. The van der Waals surface area contributed by atoms with Gasteiger partial charge in [0.15, 0.2) is 11.5 Å². The van der Waals surface area contributed by atoms with Gasteiger partial charge in [-0.15, -0.1) is 0 Å². The molecule has 1 aromatic rings. The molecule has 0 aliphatic heterocycles. The summed E-state index contributed by atoms with van der Waals surface area (Å²) in [5, 5.41) is 3.48. The molecule has 1 heterocycles. The molecule has 1 unspecified atom stereocenters. The molecule has 4 nitrogen and oxygen atoms in total. The van der Waals surface area contributed by atoms with Crippen molar-refractivity contribution in [1.82, 2.24) is 10.3 Å². The van der Waals surface area contributed by atoms with Crippen LogP contribution in [0, 0.1) is 5.92 Å². The average Bonchev–Trinajstić information content (AvgIpc) is 2.42. The van der Waals surface area contributed by atoms with Crippen LogP contribution < -0.4 is 14.8 Å². The monoisotopic (exact) mass is 266 g/mol. The van der Waals surface area contributed by atoms with Crippen molar-refractivity contribution < 1.29 is 9.47 Å². The van der Waals surface area contributed by atoms with Gasteiger partial charge in [-0.3, -0.25) is 4.98 Å². The maximum atomic E-state index is 5.37. The average molecular weight is 266 g/mol. The van der Waals surface area contributed by atoms with Crippen molar-refractivity contribution in [2.75, 3.05) is 14.2 Å². The lowest BCUT2D eigenvalue weighted by Crippen LogP contribution is -2.26. The standard InChI is InChI=1S/C15H26N2O2/c1-11(2)6-7-12(3)17-10-13-15(19-5)14(18-4)8-9-16-13/h8-9,11-12,17H,6-7,10H2,1-5H3. The summed E-state index contributed by atoms with van der Waals surface area (Å²) in [7, 11) is 3.28. The smallest absolute Gasteiger partial charge is 0.183 e. The Kier molecular flexibility index (Phi) is 6.64. The summed E-state index contributed by atoms with van der Waals surface area (Å²) in [5.41, 5.74) is 0.887. The van der Waals surface area contributed by atoms with Crippen LogP contribution in [0.4, 0.5) is 0 Å². The van der Waals surface area contributed by atoms with Gasteiger partial charge in [0, 0.05) is 24.8 Å². The minimum atomic E-state index is 0.472. The van der Waals surface area contributed by atoms with Crippen molar-refractivity contribution in [3.8, 4) is 11.5 Å². The molecule has 0 fully saturated rings. The van der Waals surface area contributed by atoms with Gasteiger partial charge in [-0.05, 0) is 25.7 Å². The molecular formula is C15H26N2O2. The molecule has 0 aliphatic carbocycles. The Morgan fingerprint density at radius 2 is 1.89 bits per heavy atom. The highest BCUT2D eigenvalue weighted by Crippen LogP contribution is 2.28. The van der Waals surface area contributed by atoms with E-state index >= 15 is 0 Å². The van der Waals surface area contributed by atoms with Gasteiger partial charge in [-0.2, -0.15) is 0 Å². The molecule has 1 rings (SSSR count). The Bertz CT molecular complexity index is 380. The van der Waals surface area contributed by atoms with Crippen molar-refractivity contribution in [1.29, 1.82) is 0 Å². The third-order valence-electron chi connectivity index (χ3n) is 3.16. The van der Waals surface area contributed by atoms with Crippen LogP contribution in [0.2, 0.25) is 0 Å². The molecule has 0 aliphatic rings. The number of nitrogens with one attached hydrogen (secondary N) is 1. The summed E-state index contributed by atoms with van der Waals surface area (Å²) < 4.78 is 10.6. The van der Waals surface area contributed by atoms with Crippen LogP contribution in [-0.2, 0) is 6.54 Å². The summed E-state index contributed by atoms with van der Waals surface area (Å²) in [6, 6.07) is 2.28. The molecule has 1 aromatic heterocycles. The van der Waals surface area contributed by atoms with Crippen molar-refractivity contribution in [2.24, 2.45) is 5.92 Å². The van der Waals surface area contributed by atoms with E-state index in [2.05, 4.69) is 31.1 Å². The first-order chi connectivity index (χ1) is 9.08. The van der Waals surface area contributed by atoms with E-state index in [1.54, 1.807) is 20.4 Å². The second kappa shape index (κ2) is 8.00. The quantitative estimate of drug-likeness (QED) is 0.785. The molecule has 0 saturated heterocycles. The lowest BCUT2D eigenvalue weighted by atomic mass is 10.0. The topological polar surface area (TPSA) is 43.4 Å². The Hall–Kier alpha value is -1.29. The number of aromatic nitrogens is 1. The van der Waals surface area contributed by atoms with Crippen molar-refractivity contribution in [3.63, 3.8) is 0 Å². The molecule has 0 radical (unpaired) electrons. The van der Waals surface area contributed by atoms with Crippen LogP contribution in [0.15, 0.2) is 12.3 Å². The highest BCUT2D eigenvalue weighted by Gasteiger charge is 2.12.